The number of esters is 3. The fourth-order valence-electron chi connectivity index (χ4n) is 5.34. The van der Waals surface area contributed by atoms with Crippen LogP contribution in [0.5, 0.6) is 0 Å². The molecule has 0 aliphatic carbocycles. The van der Waals surface area contributed by atoms with Gasteiger partial charge in [-0.1, -0.05) is 79.0 Å². The average molecular weight is 813 g/mol. The zero-order chi connectivity index (χ0) is 40.6. The van der Waals surface area contributed by atoms with Crippen molar-refractivity contribution in [1.29, 1.82) is 0 Å². The number of aromatic nitrogens is 1. The second kappa shape index (κ2) is 18.9. The number of hydrogen-bond acceptors (Lipinski definition) is 11. The monoisotopic (exact) mass is 811 g/mol. The van der Waals surface area contributed by atoms with Gasteiger partial charge in [-0.2, -0.15) is 0 Å². The summed E-state index contributed by atoms with van der Waals surface area (Å²) in [5.74, 6) is -3.12. The molecule has 4 atom stereocenters. The topological polar surface area (TPSA) is 165 Å². The van der Waals surface area contributed by atoms with Crippen molar-refractivity contribution in [2.75, 3.05) is 32.8 Å². The van der Waals surface area contributed by atoms with Crippen LogP contribution in [-0.4, -0.2) is 100.0 Å². The van der Waals surface area contributed by atoms with Gasteiger partial charge in [0.1, 0.15) is 24.3 Å². The van der Waals surface area contributed by atoms with Gasteiger partial charge in [0, 0.05) is 31.1 Å². The van der Waals surface area contributed by atoms with Crippen molar-refractivity contribution < 1.29 is 38.2 Å². The summed E-state index contributed by atoms with van der Waals surface area (Å²) in [6.07, 6.45) is 2.31. The summed E-state index contributed by atoms with van der Waals surface area (Å²) in [5, 5.41) is 9.71. The van der Waals surface area contributed by atoms with E-state index in [1.165, 1.54) is 11.8 Å². The van der Waals surface area contributed by atoms with Crippen LogP contribution in [0.25, 0.3) is 17.0 Å². The number of pyridine rings is 1. The van der Waals surface area contributed by atoms with Crippen LogP contribution in [0.2, 0.25) is 0 Å². The maximum Gasteiger partial charge on any atom is 0.325 e. The van der Waals surface area contributed by atoms with Crippen molar-refractivity contribution in [2.45, 2.75) is 95.9 Å². The Bertz CT molecular complexity index is 1710. The standard InChI is InChI=1S/C38H52Cl3N5O8/c1-22(2)31(32(48)44-24(4)33(49)46-17-16-42-29(20-46)34(50)52-21-38(39,40)41)53-35(51)37(8,9)15-14-25-10-11-26-12-13-27(45-28(26)18-25)23(3)43-19-30(47)54-36(5,6)7/h10-15,18,22-24,29,31,42-43H,16-17,19-21H2,1-9H3,(H,44,48)/b15-14+/t23-,24+,29+,31+/m1/s1. The Balaban J connectivity index is 1.62. The normalized spacial score (nSPS) is 17.2. The molecule has 0 radical (unpaired) electrons. The van der Waals surface area contributed by atoms with Gasteiger partial charge in [-0.25, -0.2) is 0 Å². The Morgan fingerprint density at radius 2 is 1.69 bits per heavy atom. The molecule has 1 fully saturated rings. The molecule has 2 amide bonds. The van der Waals surface area contributed by atoms with Crippen molar-refractivity contribution in [3.63, 3.8) is 0 Å². The maximum absolute atomic E-state index is 13.4. The number of benzene rings is 1. The zero-order valence-corrected chi connectivity index (χ0v) is 34.5. The molecule has 1 aliphatic heterocycles. The molecule has 13 nitrogen and oxygen atoms in total. The molecule has 298 valence electrons. The molecule has 1 aromatic heterocycles. The van der Waals surface area contributed by atoms with Gasteiger partial charge < -0.3 is 29.7 Å². The molecular weight excluding hydrogens is 761 g/mol. The highest BCUT2D eigenvalue weighted by Gasteiger charge is 2.37. The van der Waals surface area contributed by atoms with E-state index in [1.807, 2.05) is 58.0 Å². The first kappa shape index (κ1) is 44.9. The van der Waals surface area contributed by atoms with Crippen molar-refractivity contribution >= 4 is 81.5 Å². The van der Waals surface area contributed by atoms with Gasteiger partial charge in [-0.05, 0) is 72.1 Å². The molecule has 0 spiro atoms. The number of amides is 2. The number of hydrogen-bond donors (Lipinski definition) is 3. The highest BCUT2D eigenvalue weighted by molar-refractivity contribution is 6.67. The first-order valence-electron chi connectivity index (χ1n) is 17.8. The van der Waals surface area contributed by atoms with Crippen LogP contribution in [0.4, 0.5) is 0 Å². The maximum atomic E-state index is 13.4. The Hall–Kier alpha value is -3.49. The third-order valence-corrected chi connectivity index (χ3v) is 8.68. The molecule has 1 aliphatic rings. The van der Waals surface area contributed by atoms with Gasteiger partial charge in [0.25, 0.3) is 5.91 Å². The fourth-order valence-corrected chi connectivity index (χ4v) is 5.50. The van der Waals surface area contributed by atoms with Crippen molar-refractivity contribution in [3.8, 4) is 0 Å². The molecule has 0 bridgehead atoms. The highest BCUT2D eigenvalue weighted by Crippen LogP contribution is 2.27. The zero-order valence-electron chi connectivity index (χ0n) is 32.3. The molecule has 0 unspecified atom stereocenters. The van der Waals surface area contributed by atoms with Gasteiger partial charge in [0.05, 0.1) is 23.2 Å². The third kappa shape index (κ3) is 14.0. The number of nitrogens with one attached hydrogen (secondary N) is 3. The molecule has 1 aromatic carbocycles. The molecule has 2 heterocycles. The van der Waals surface area contributed by atoms with Crippen LogP contribution in [-0.2, 0) is 38.2 Å². The number of rotatable bonds is 14. The van der Waals surface area contributed by atoms with Gasteiger partial charge in [0.15, 0.2) is 6.10 Å². The number of fused-ring (bicyclic) bond motifs is 1. The molecule has 3 N–H and O–H groups in total. The van der Waals surface area contributed by atoms with E-state index in [1.54, 1.807) is 39.8 Å². The smallest absolute Gasteiger partial charge is 0.325 e. The summed E-state index contributed by atoms with van der Waals surface area (Å²) >= 11 is 17.0. The van der Waals surface area contributed by atoms with Crippen LogP contribution in [0, 0.1) is 11.3 Å². The van der Waals surface area contributed by atoms with Crippen LogP contribution in [0.15, 0.2) is 36.4 Å². The van der Waals surface area contributed by atoms with Crippen LogP contribution in [0.3, 0.4) is 0 Å². The first-order valence-corrected chi connectivity index (χ1v) is 18.9. The number of nitrogens with zero attached hydrogens (tertiary/aromatic N) is 2. The van der Waals surface area contributed by atoms with E-state index in [0.717, 1.165) is 22.2 Å². The summed E-state index contributed by atoms with van der Waals surface area (Å²) < 4.78 is 14.4. The fraction of sp³-hybridized carbons (Fsp3) is 0.579. The SMILES string of the molecule is CC(C)[C@H](OC(=O)C(C)(C)/C=C/c1ccc2ccc([C@@H](C)NCC(=O)OC(C)(C)C)nc2c1)C(=O)N[C@@H](C)C(=O)N1CCN[C@H](C(=O)OCC(Cl)(Cl)Cl)C1. The second-order valence-corrected chi connectivity index (χ2v) is 17.8. The van der Waals surface area contributed by atoms with Gasteiger partial charge in [-0.15, -0.1) is 0 Å². The highest BCUT2D eigenvalue weighted by atomic mass is 35.6. The number of carbonyl (C=O) groups is 5. The van der Waals surface area contributed by atoms with Crippen LogP contribution >= 0.6 is 34.8 Å². The number of carbonyl (C=O) groups excluding carboxylic acids is 5. The van der Waals surface area contributed by atoms with E-state index in [4.69, 9.17) is 54.0 Å². The van der Waals surface area contributed by atoms with Crippen molar-refractivity contribution in [3.05, 3.63) is 47.7 Å². The lowest BCUT2D eigenvalue weighted by molar-refractivity contribution is -0.165. The minimum atomic E-state index is -1.77. The largest absolute Gasteiger partial charge is 0.460 e. The van der Waals surface area contributed by atoms with Crippen molar-refractivity contribution in [2.24, 2.45) is 11.3 Å². The molecule has 54 heavy (non-hydrogen) atoms. The predicted molar refractivity (Wildman–Crippen MR) is 209 cm³/mol. The lowest BCUT2D eigenvalue weighted by Gasteiger charge is -2.34. The third-order valence-electron chi connectivity index (χ3n) is 8.35. The summed E-state index contributed by atoms with van der Waals surface area (Å²) in [5.41, 5.74) is 0.582. The van der Waals surface area contributed by atoms with Crippen LogP contribution < -0.4 is 16.0 Å². The van der Waals surface area contributed by atoms with Gasteiger partial charge in [-0.3, -0.25) is 34.3 Å². The Kier molecular flexibility index (Phi) is 15.7. The van der Waals surface area contributed by atoms with E-state index in [2.05, 4.69) is 16.0 Å². The minimum absolute atomic E-state index is 0.0124. The number of ether oxygens (including phenoxy) is 3. The van der Waals surface area contributed by atoms with E-state index in [9.17, 15) is 24.0 Å². The number of alkyl halides is 3. The quantitative estimate of drug-likeness (QED) is 0.133. The molecule has 0 saturated carbocycles. The van der Waals surface area contributed by atoms with E-state index < -0.39 is 69.3 Å². The minimum Gasteiger partial charge on any atom is -0.460 e. The van der Waals surface area contributed by atoms with Gasteiger partial charge >= 0.3 is 17.9 Å². The van der Waals surface area contributed by atoms with E-state index in [-0.39, 0.29) is 31.6 Å². The molecule has 2 aromatic rings. The first-order chi connectivity index (χ1) is 25.0. The summed E-state index contributed by atoms with van der Waals surface area (Å²) in [6, 6.07) is 7.55. The molecular formula is C38H52Cl3N5O8. The Morgan fingerprint density at radius 1 is 1.02 bits per heavy atom. The van der Waals surface area contributed by atoms with Gasteiger partial charge in [0.2, 0.25) is 9.70 Å². The summed E-state index contributed by atoms with van der Waals surface area (Å²) in [7, 11) is 0. The summed E-state index contributed by atoms with van der Waals surface area (Å²) in [6.45, 7) is 15.9. The molecule has 16 heteroatoms. The lowest BCUT2D eigenvalue weighted by atomic mass is 9.92. The molecule has 1 saturated heterocycles. The number of halogens is 3. The summed E-state index contributed by atoms with van der Waals surface area (Å²) in [4.78, 5) is 70.9. The van der Waals surface area contributed by atoms with Crippen molar-refractivity contribution in [1.82, 2.24) is 25.8 Å². The molecule has 3 rings (SSSR count). The predicted octanol–water partition coefficient (Wildman–Crippen LogP) is 5.05. The number of piperazine rings is 1. The second-order valence-electron chi connectivity index (χ2n) is 15.2. The Labute approximate surface area is 332 Å². The average Bonchev–Trinajstić information content (AvgIpc) is 3.08. The van der Waals surface area contributed by atoms with Crippen LogP contribution in [0.1, 0.15) is 79.6 Å². The Morgan fingerprint density at radius 3 is 2.31 bits per heavy atom. The lowest BCUT2D eigenvalue weighted by Crippen LogP contribution is -2.60. The van der Waals surface area contributed by atoms with E-state index >= 15 is 0 Å². The van der Waals surface area contributed by atoms with E-state index in [0.29, 0.717) is 6.54 Å².